The number of H-pyrrole nitrogens is 1. The Morgan fingerprint density at radius 3 is 2.92 bits per heavy atom. The fourth-order valence-corrected chi connectivity index (χ4v) is 3.63. The second-order valence-corrected chi connectivity index (χ2v) is 7.42. The van der Waals surface area contributed by atoms with Gasteiger partial charge in [0.25, 0.3) is 5.56 Å². The fraction of sp³-hybridized carbons (Fsp3) is 0.235. The highest BCUT2D eigenvalue weighted by molar-refractivity contribution is 9.10. The van der Waals surface area contributed by atoms with Crippen molar-refractivity contribution in [3.63, 3.8) is 0 Å². The van der Waals surface area contributed by atoms with Crippen molar-refractivity contribution >= 4 is 44.6 Å². The summed E-state index contributed by atoms with van der Waals surface area (Å²) in [6.45, 7) is 2.33. The van der Waals surface area contributed by atoms with Crippen LogP contribution < -0.4 is 10.9 Å². The monoisotopic (exact) mass is 420 g/mol. The van der Waals surface area contributed by atoms with Crippen LogP contribution in [-0.2, 0) is 18.4 Å². The molecule has 8 heteroatoms. The van der Waals surface area contributed by atoms with Gasteiger partial charge < -0.3 is 10.3 Å². The minimum absolute atomic E-state index is 0.111. The first kappa shape index (κ1) is 17.8. The smallest absolute Gasteiger partial charge is 0.278 e. The van der Waals surface area contributed by atoms with E-state index in [4.69, 9.17) is 0 Å². The van der Waals surface area contributed by atoms with Crippen LogP contribution in [0.2, 0.25) is 0 Å². The molecule has 2 heterocycles. The second-order valence-electron chi connectivity index (χ2n) is 5.63. The molecule has 0 aliphatic heterocycles. The zero-order chi connectivity index (χ0) is 18.0. The Morgan fingerprint density at radius 2 is 2.16 bits per heavy atom. The van der Waals surface area contributed by atoms with Crippen molar-refractivity contribution in [3.8, 4) is 0 Å². The van der Waals surface area contributed by atoms with E-state index in [0.29, 0.717) is 22.7 Å². The first-order valence-electron chi connectivity index (χ1n) is 7.65. The van der Waals surface area contributed by atoms with Crippen molar-refractivity contribution in [1.29, 1.82) is 0 Å². The molecule has 0 fully saturated rings. The number of halogens is 1. The van der Waals surface area contributed by atoms with Crippen molar-refractivity contribution in [2.45, 2.75) is 18.6 Å². The van der Waals surface area contributed by atoms with E-state index >= 15 is 0 Å². The maximum Gasteiger partial charge on any atom is 0.278 e. The summed E-state index contributed by atoms with van der Waals surface area (Å²) in [4.78, 5) is 31.9. The molecule has 2 N–H and O–H groups in total. The third-order valence-corrected chi connectivity index (χ3v) is 5.52. The molecule has 6 nitrogen and oxygen atoms in total. The van der Waals surface area contributed by atoms with E-state index in [2.05, 4.69) is 31.2 Å². The van der Waals surface area contributed by atoms with Gasteiger partial charge in [0.2, 0.25) is 5.91 Å². The summed E-state index contributed by atoms with van der Waals surface area (Å²) >= 11 is 4.70. The van der Waals surface area contributed by atoms with E-state index < -0.39 is 0 Å². The lowest BCUT2D eigenvalue weighted by molar-refractivity contribution is -0.118. The minimum atomic E-state index is -0.144. The van der Waals surface area contributed by atoms with E-state index in [9.17, 15) is 9.59 Å². The van der Waals surface area contributed by atoms with Crippen molar-refractivity contribution in [2.24, 2.45) is 7.05 Å². The maximum absolute atomic E-state index is 12.3. The lowest BCUT2D eigenvalue weighted by Crippen LogP contribution is -2.26. The number of hydrogen-bond donors (Lipinski definition) is 2. The lowest BCUT2D eigenvalue weighted by Gasteiger charge is -2.08. The zero-order valence-corrected chi connectivity index (χ0v) is 16.2. The molecule has 3 rings (SSSR count). The number of aromatic nitrogens is 3. The first-order valence-corrected chi connectivity index (χ1v) is 9.43. The number of benzene rings is 1. The van der Waals surface area contributed by atoms with E-state index in [1.807, 2.05) is 37.3 Å². The number of thioether (sulfide) groups is 1. The highest BCUT2D eigenvalue weighted by atomic mass is 79.9. The number of nitrogens with zero attached hydrogens (tertiary/aromatic N) is 2. The third-order valence-electron chi connectivity index (χ3n) is 3.72. The molecule has 0 atom stereocenters. The number of nitrogens with one attached hydrogen (secondary N) is 2. The van der Waals surface area contributed by atoms with E-state index in [-0.39, 0.29) is 17.2 Å². The molecule has 0 aliphatic rings. The van der Waals surface area contributed by atoms with Gasteiger partial charge in [-0.15, -0.1) is 0 Å². The van der Waals surface area contributed by atoms with E-state index in [1.54, 1.807) is 7.05 Å². The van der Waals surface area contributed by atoms with Crippen molar-refractivity contribution < 1.29 is 4.79 Å². The van der Waals surface area contributed by atoms with Crippen LogP contribution in [0.25, 0.3) is 11.0 Å². The quantitative estimate of drug-likeness (QED) is 0.491. The molecule has 0 saturated heterocycles. The molecule has 130 valence electrons. The molecule has 25 heavy (non-hydrogen) atoms. The molecule has 1 aromatic carbocycles. The van der Waals surface area contributed by atoms with Crippen LogP contribution in [0.5, 0.6) is 0 Å². The number of carbonyl (C=O) groups excluding carboxylic acids is 1. The number of aryl methyl sites for hydroxylation is 1. The average molecular weight is 421 g/mol. The summed E-state index contributed by atoms with van der Waals surface area (Å²) in [7, 11) is 1.66. The molecule has 0 saturated carbocycles. The molecule has 0 spiro atoms. The second kappa shape index (κ2) is 7.45. The van der Waals surface area contributed by atoms with Crippen LogP contribution >= 0.6 is 27.7 Å². The number of rotatable bonds is 5. The Kier molecular flexibility index (Phi) is 5.29. The van der Waals surface area contributed by atoms with Crippen LogP contribution in [0.3, 0.4) is 0 Å². The molecule has 2 aromatic heterocycles. The summed E-state index contributed by atoms with van der Waals surface area (Å²) in [5.41, 5.74) is 2.86. The summed E-state index contributed by atoms with van der Waals surface area (Å²) in [6.07, 6.45) is 0. The molecular weight excluding hydrogens is 404 g/mol. The van der Waals surface area contributed by atoms with Gasteiger partial charge in [-0.2, -0.15) is 0 Å². The van der Waals surface area contributed by atoms with E-state index in [1.165, 1.54) is 16.3 Å². The molecular formula is C17H17BrN4O2S. The molecule has 0 radical (unpaired) electrons. The van der Waals surface area contributed by atoms with Gasteiger partial charge in [0, 0.05) is 23.8 Å². The van der Waals surface area contributed by atoms with Crippen LogP contribution in [0, 0.1) is 6.92 Å². The molecule has 0 bridgehead atoms. The first-order chi connectivity index (χ1) is 12.0. The lowest BCUT2D eigenvalue weighted by atomic mass is 10.2. The van der Waals surface area contributed by atoms with Crippen molar-refractivity contribution in [2.75, 3.05) is 5.75 Å². The van der Waals surface area contributed by atoms with Crippen molar-refractivity contribution in [1.82, 2.24) is 19.9 Å². The average Bonchev–Trinajstić information content (AvgIpc) is 2.96. The van der Waals surface area contributed by atoms with Gasteiger partial charge in [0.15, 0.2) is 5.16 Å². The Hall–Kier alpha value is -2.06. The Morgan fingerprint density at radius 1 is 1.40 bits per heavy atom. The molecule has 1 amide bonds. The van der Waals surface area contributed by atoms with E-state index in [0.717, 1.165) is 15.7 Å². The van der Waals surface area contributed by atoms with Gasteiger partial charge in [-0.25, -0.2) is 4.98 Å². The topological polar surface area (TPSA) is 79.8 Å². The number of hydrogen-bond acceptors (Lipinski definition) is 4. The van der Waals surface area contributed by atoms with Gasteiger partial charge in [0.1, 0.15) is 5.52 Å². The van der Waals surface area contributed by atoms with Gasteiger partial charge in [0.05, 0.1) is 11.3 Å². The number of aromatic amines is 1. The van der Waals surface area contributed by atoms with Gasteiger partial charge in [-0.05, 0) is 24.6 Å². The number of carbonyl (C=O) groups is 1. The predicted octanol–water partition coefficient (Wildman–Crippen LogP) is 2.74. The van der Waals surface area contributed by atoms with Gasteiger partial charge >= 0.3 is 0 Å². The molecule has 0 unspecified atom stereocenters. The Bertz CT molecular complexity index is 996. The Labute approximate surface area is 157 Å². The van der Waals surface area contributed by atoms with Gasteiger partial charge in [-0.3, -0.25) is 14.2 Å². The summed E-state index contributed by atoms with van der Waals surface area (Å²) < 4.78 is 2.42. The highest BCUT2D eigenvalue weighted by Crippen LogP contribution is 2.18. The summed E-state index contributed by atoms with van der Waals surface area (Å²) in [6, 6.07) is 9.56. The van der Waals surface area contributed by atoms with Crippen LogP contribution in [-0.4, -0.2) is 26.2 Å². The van der Waals surface area contributed by atoms with Crippen LogP contribution in [0.1, 0.15) is 11.3 Å². The van der Waals surface area contributed by atoms with Crippen molar-refractivity contribution in [3.05, 3.63) is 56.4 Å². The Balaban J connectivity index is 1.66. The largest absolute Gasteiger partial charge is 0.353 e. The van der Waals surface area contributed by atoms with Gasteiger partial charge in [-0.1, -0.05) is 45.9 Å². The molecule has 0 aliphatic carbocycles. The minimum Gasteiger partial charge on any atom is -0.353 e. The molecule has 3 aromatic rings. The third kappa shape index (κ3) is 3.96. The highest BCUT2D eigenvalue weighted by Gasteiger charge is 2.12. The SMILES string of the molecule is Cc1cc2nc(SCC(=O)NCc3ccccc3Br)n(C)c(=O)c2[nH]1. The zero-order valence-electron chi connectivity index (χ0n) is 13.8. The van der Waals surface area contributed by atoms with Crippen LogP contribution in [0.15, 0.2) is 44.8 Å². The standard InChI is InChI=1S/C17H17BrN4O2S/c1-10-7-13-15(20-10)16(24)22(2)17(21-13)25-9-14(23)19-8-11-5-3-4-6-12(11)18/h3-7,20H,8-9H2,1-2H3,(H,19,23). The summed E-state index contributed by atoms with van der Waals surface area (Å²) in [5.74, 6) is 0.0833. The maximum atomic E-state index is 12.3. The normalized spacial score (nSPS) is 11.0. The summed E-state index contributed by atoms with van der Waals surface area (Å²) in [5, 5.41) is 3.40. The van der Waals surface area contributed by atoms with Crippen LogP contribution in [0.4, 0.5) is 0 Å². The fourth-order valence-electron chi connectivity index (χ4n) is 2.40. The predicted molar refractivity (Wildman–Crippen MR) is 103 cm³/mol. The number of amides is 1. The number of fused-ring (bicyclic) bond motifs is 1.